The molecule has 0 radical (unpaired) electrons. The number of aromatic nitrogens is 1. The molecule has 0 N–H and O–H groups in total. The maximum absolute atomic E-state index is 12.8. The lowest BCUT2D eigenvalue weighted by Gasteiger charge is -2.18. The summed E-state index contributed by atoms with van der Waals surface area (Å²) in [5.41, 5.74) is 3.32. The van der Waals surface area contributed by atoms with E-state index in [1.165, 1.54) is 0 Å². The van der Waals surface area contributed by atoms with Gasteiger partial charge in [-0.3, -0.25) is 14.6 Å². The molecular weight excluding hydrogens is 390 g/mol. The van der Waals surface area contributed by atoms with E-state index < -0.39 is 0 Å². The van der Waals surface area contributed by atoms with Crippen LogP contribution in [0.5, 0.6) is 5.75 Å². The average molecular weight is 418 g/mol. The van der Waals surface area contributed by atoms with E-state index in [9.17, 15) is 9.59 Å². The van der Waals surface area contributed by atoms with E-state index in [-0.39, 0.29) is 17.7 Å². The van der Waals surface area contributed by atoms with E-state index in [0.717, 1.165) is 34.3 Å². The van der Waals surface area contributed by atoms with Crippen LogP contribution in [-0.2, 0) is 11.2 Å². The van der Waals surface area contributed by atoms with Crippen LogP contribution in [0.3, 0.4) is 0 Å². The minimum atomic E-state index is -0.0368. The molecule has 2 aromatic carbocycles. The van der Waals surface area contributed by atoms with Gasteiger partial charge in [-0.25, -0.2) is 0 Å². The van der Waals surface area contributed by atoms with Gasteiger partial charge in [0.15, 0.2) is 0 Å². The summed E-state index contributed by atoms with van der Waals surface area (Å²) in [5.74, 6) is 0.976. The minimum Gasteiger partial charge on any atom is -0.497 e. The topological polar surface area (TPSA) is 62.7 Å². The van der Waals surface area contributed by atoms with Crippen LogP contribution < -0.4 is 4.74 Å². The molecule has 6 heteroatoms. The van der Waals surface area contributed by atoms with Crippen molar-refractivity contribution in [1.29, 1.82) is 0 Å². The number of ether oxygens (including phenoxy) is 1. The number of nitrogens with zero attached hydrogens (tertiary/aromatic N) is 3. The Morgan fingerprint density at radius 1 is 1.13 bits per heavy atom. The monoisotopic (exact) mass is 417 g/mol. The van der Waals surface area contributed by atoms with Crippen LogP contribution in [-0.4, -0.2) is 60.9 Å². The zero-order valence-electron chi connectivity index (χ0n) is 18.2. The molecule has 0 unspecified atom stereocenters. The van der Waals surface area contributed by atoms with Crippen molar-refractivity contribution in [3.05, 3.63) is 71.4 Å². The Kier molecular flexibility index (Phi) is 5.89. The molecule has 3 aromatic rings. The molecule has 6 nitrogen and oxygen atoms in total. The highest BCUT2D eigenvalue weighted by Gasteiger charge is 2.29. The lowest BCUT2D eigenvalue weighted by molar-refractivity contribution is -0.129. The van der Waals surface area contributed by atoms with Gasteiger partial charge in [0, 0.05) is 44.2 Å². The second-order valence-electron chi connectivity index (χ2n) is 8.16. The number of pyridine rings is 1. The molecule has 31 heavy (non-hydrogen) atoms. The molecule has 1 aliphatic rings. The number of benzene rings is 2. The lowest BCUT2D eigenvalue weighted by Crippen LogP contribution is -2.30. The number of carbonyl (C=O) groups is 2. The highest BCUT2D eigenvalue weighted by molar-refractivity contribution is 6.06. The molecule has 0 aliphatic carbocycles. The summed E-state index contributed by atoms with van der Waals surface area (Å²) >= 11 is 0. The average Bonchev–Trinajstić information content (AvgIpc) is 3.29. The SMILES string of the molecule is COc1ccc(CC(=O)N2CC[C@H](c3cc(C(=O)N(C)C)c4ccccc4n3)C2)cc1. The predicted molar refractivity (Wildman–Crippen MR) is 120 cm³/mol. The third-order valence-corrected chi connectivity index (χ3v) is 5.85. The molecule has 1 aliphatic heterocycles. The lowest BCUT2D eigenvalue weighted by atomic mass is 9.99. The maximum Gasteiger partial charge on any atom is 0.254 e. The molecular formula is C25H27N3O3. The van der Waals surface area contributed by atoms with Crippen LogP contribution in [0.1, 0.15) is 34.0 Å². The Morgan fingerprint density at radius 2 is 1.87 bits per heavy atom. The summed E-state index contributed by atoms with van der Waals surface area (Å²) in [7, 11) is 5.14. The van der Waals surface area contributed by atoms with Crippen molar-refractivity contribution in [3.8, 4) is 5.75 Å². The third-order valence-electron chi connectivity index (χ3n) is 5.85. The molecule has 0 bridgehead atoms. The molecule has 0 saturated carbocycles. The normalized spacial score (nSPS) is 15.8. The minimum absolute atomic E-state index is 0.0368. The van der Waals surface area contributed by atoms with Gasteiger partial charge in [-0.15, -0.1) is 0 Å². The van der Waals surface area contributed by atoms with Crippen LogP contribution >= 0.6 is 0 Å². The Labute approximate surface area is 182 Å². The smallest absolute Gasteiger partial charge is 0.254 e. The third kappa shape index (κ3) is 4.38. The quantitative estimate of drug-likeness (QED) is 0.637. The number of methoxy groups -OCH3 is 1. The van der Waals surface area contributed by atoms with E-state index >= 15 is 0 Å². The molecule has 2 heterocycles. The number of rotatable bonds is 5. The van der Waals surface area contributed by atoms with Gasteiger partial charge in [-0.05, 0) is 36.2 Å². The van der Waals surface area contributed by atoms with Gasteiger partial charge < -0.3 is 14.5 Å². The molecule has 2 amide bonds. The van der Waals surface area contributed by atoms with Crippen molar-refractivity contribution in [2.24, 2.45) is 0 Å². The van der Waals surface area contributed by atoms with Crippen molar-refractivity contribution < 1.29 is 14.3 Å². The summed E-state index contributed by atoms with van der Waals surface area (Å²) in [6, 6.07) is 17.2. The highest BCUT2D eigenvalue weighted by Crippen LogP contribution is 2.30. The summed E-state index contributed by atoms with van der Waals surface area (Å²) in [6.07, 6.45) is 1.21. The second kappa shape index (κ2) is 8.76. The molecule has 1 aromatic heterocycles. The van der Waals surface area contributed by atoms with Gasteiger partial charge in [0.25, 0.3) is 5.91 Å². The van der Waals surface area contributed by atoms with Crippen LogP contribution in [0.25, 0.3) is 10.9 Å². The Balaban J connectivity index is 1.53. The van der Waals surface area contributed by atoms with Crippen LogP contribution in [0, 0.1) is 0 Å². The Hall–Kier alpha value is -3.41. The van der Waals surface area contributed by atoms with Gasteiger partial charge in [-0.2, -0.15) is 0 Å². The number of hydrogen-bond donors (Lipinski definition) is 0. The first-order valence-corrected chi connectivity index (χ1v) is 10.5. The van der Waals surface area contributed by atoms with Gasteiger partial charge in [-0.1, -0.05) is 30.3 Å². The first-order valence-electron chi connectivity index (χ1n) is 10.5. The van der Waals surface area contributed by atoms with Crippen molar-refractivity contribution in [2.75, 3.05) is 34.3 Å². The zero-order chi connectivity index (χ0) is 22.0. The van der Waals surface area contributed by atoms with Crippen LogP contribution in [0.15, 0.2) is 54.6 Å². The Morgan fingerprint density at radius 3 is 2.58 bits per heavy atom. The van der Waals surface area contributed by atoms with E-state index in [0.29, 0.717) is 25.1 Å². The maximum atomic E-state index is 12.8. The molecule has 0 spiro atoms. The number of para-hydroxylation sites is 1. The molecule has 4 rings (SSSR count). The van der Waals surface area contributed by atoms with E-state index in [1.807, 2.05) is 59.5 Å². The molecule has 160 valence electrons. The fraction of sp³-hybridized carbons (Fsp3) is 0.320. The first-order chi connectivity index (χ1) is 15.0. The van der Waals surface area contributed by atoms with Gasteiger partial charge in [0.2, 0.25) is 5.91 Å². The van der Waals surface area contributed by atoms with E-state index in [1.54, 1.807) is 26.1 Å². The predicted octanol–water partition coefficient (Wildman–Crippen LogP) is 3.50. The fourth-order valence-electron chi connectivity index (χ4n) is 4.08. The van der Waals surface area contributed by atoms with Crippen molar-refractivity contribution in [1.82, 2.24) is 14.8 Å². The largest absolute Gasteiger partial charge is 0.497 e. The number of amides is 2. The first kappa shape index (κ1) is 20.8. The molecule has 1 saturated heterocycles. The second-order valence-corrected chi connectivity index (χ2v) is 8.16. The van der Waals surface area contributed by atoms with Crippen molar-refractivity contribution in [3.63, 3.8) is 0 Å². The standard InChI is InChI=1S/C25H27N3O3/c1-27(2)25(30)21-15-23(26-22-7-5-4-6-20(21)22)18-12-13-28(16-18)24(29)14-17-8-10-19(31-3)11-9-17/h4-11,15,18H,12-14,16H2,1-3H3/t18-/m0/s1. The summed E-state index contributed by atoms with van der Waals surface area (Å²) in [5, 5.41) is 0.857. The summed E-state index contributed by atoms with van der Waals surface area (Å²) in [6.45, 7) is 1.32. The van der Waals surface area contributed by atoms with Crippen molar-refractivity contribution in [2.45, 2.75) is 18.8 Å². The molecule has 1 fully saturated rings. The van der Waals surface area contributed by atoms with Gasteiger partial charge in [0.05, 0.1) is 24.6 Å². The summed E-state index contributed by atoms with van der Waals surface area (Å²) < 4.78 is 5.18. The van der Waals surface area contributed by atoms with E-state index in [4.69, 9.17) is 9.72 Å². The van der Waals surface area contributed by atoms with Crippen LogP contribution in [0.2, 0.25) is 0 Å². The number of hydrogen-bond acceptors (Lipinski definition) is 4. The van der Waals surface area contributed by atoms with Crippen molar-refractivity contribution >= 4 is 22.7 Å². The fourth-order valence-corrected chi connectivity index (χ4v) is 4.08. The van der Waals surface area contributed by atoms with Crippen LogP contribution in [0.4, 0.5) is 0 Å². The summed E-state index contributed by atoms with van der Waals surface area (Å²) in [4.78, 5) is 33.9. The zero-order valence-corrected chi connectivity index (χ0v) is 18.2. The number of fused-ring (bicyclic) bond motifs is 1. The number of likely N-dealkylation sites (tertiary alicyclic amines) is 1. The molecule has 1 atom stereocenters. The van der Waals surface area contributed by atoms with Gasteiger partial charge in [0.1, 0.15) is 5.75 Å². The number of carbonyl (C=O) groups excluding carboxylic acids is 2. The van der Waals surface area contributed by atoms with Gasteiger partial charge >= 0.3 is 0 Å². The van der Waals surface area contributed by atoms with E-state index in [2.05, 4.69) is 0 Å². The highest BCUT2D eigenvalue weighted by atomic mass is 16.5. The Bertz CT molecular complexity index is 1110.